The quantitative estimate of drug-likeness (QED) is 0.596. The first-order valence-electron chi connectivity index (χ1n) is 6.20. The first-order valence-corrected chi connectivity index (χ1v) is 6.20. The van der Waals surface area contributed by atoms with Gasteiger partial charge in [0.1, 0.15) is 5.75 Å². The monoisotopic (exact) mass is 281 g/mol. The Bertz CT molecular complexity index is 443. The van der Waals surface area contributed by atoms with Crippen molar-refractivity contribution in [1.82, 2.24) is 5.32 Å². The third kappa shape index (κ3) is 4.89. The Balaban J connectivity index is 2.51. The number of nitrogens with one attached hydrogen (secondary N) is 1. The van der Waals surface area contributed by atoms with Crippen LogP contribution in [0.15, 0.2) is 24.3 Å². The molecule has 6 nitrogen and oxygen atoms in total. The summed E-state index contributed by atoms with van der Waals surface area (Å²) in [6.07, 6.45) is -0.629. The zero-order valence-corrected chi connectivity index (χ0v) is 11.8. The molecule has 0 aliphatic heterocycles. The van der Waals surface area contributed by atoms with Gasteiger partial charge in [0.2, 0.25) is 0 Å². The van der Waals surface area contributed by atoms with Crippen LogP contribution in [0, 0.1) is 0 Å². The minimum absolute atomic E-state index is 0.223. The molecule has 0 bridgehead atoms. The van der Waals surface area contributed by atoms with Crippen LogP contribution < -0.4 is 10.1 Å². The molecule has 1 rings (SSSR count). The largest absolute Gasteiger partial charge is 0.481 e. The molecule has 1 aromatic carbocycles. The van der Waals surface area contributed by atoms with Crippen molar-refractivity contribution in [2.45, 2.75) is 13.0 Å². The summed E-state index contributed by atoms with van der Waals surface area (Å²) in [4.78, 5) is 22.9. The van der Waals surface area contributed by atoms with E-state index in [2.05, 4.69) is 10.1 Å². The fraction of sp³-hybridized carbons (Fsp3) is 0.429. The Morgan fingerprint density at radius 2 is 1.85 bits per heavy atom. The number of ether oxygens (including phenoxy) is 3. The Morgan fingerprint density at radius 1 is 1.20 bits per heavy atom. The standard InChI is InChI=1S/C14H19NO5/c1-10(13(16)15-8-9-18-2)20-12-6-4-11(5-7-12)14(17)19-3/h4-7,10H,8-9H2,1-3H3,(H,15,16)/t10-/m1/s1. The first-order chi connectivity index (χ1) is 9.58. The van der Waals surface area contributed by atoms with Crippen molar-refractivity contribution in [3.05, 3.63) is 29.8 Å². The molecule has 20 heavy (non-hydrogen) atoms. The highest BCUT2D eigenvalue weighted by Gasteiger charge is 2.14. The molecule has 0 spiro atoms. The number of hydrogen-bond acceptors (Lipinski definition) is 5. The van der Waals surface area contributed by atoms with Crippen LogP contribution in [0.3, 0.4) is 0 Å². The van der Waals surface area contributed by atoms with E-state index in [-0.39, 0.29) is 5.91 Å². The molecule has 0 saturated carbocycles. The maximum atomic E-state index is 11.7. The van der Waals surface area contributed by atoms with Crippen LogP contribution in [0.1, 0.15) is 17.3 Å². The third-order valence-electron chi connectivity index (χ3n) is 2.56. The van der Waals surface area contributed by atoms with Gasteiger partial charge < -0.3 is 19.5 Å². The molecule has 0 heterocycles. The molecule has 1 atom stereocenters. The van der Waals surface area contributed by atoms with E-state index >= 15 is 0 Å². The molecular weight excluding hydrogens is 262 g/mol. The van der Waals surface area contributed by atoms with Gasteiger partial charge in [-0.3, -0.25) is 4.79 Å². The number of amides is 1. The summed E-state index contributed by atoms with van der Waals surface area (Å²) in [6.45, 7) is 2.53. The van der Waals surface area contributed by atoms with Crippen LogP contribution in [0.4, 0.5) is 0 Å². The highest BCUT2D eigenvalue weighted by molar-refractivity contribution is 5.89. The summed E-state index contributed by atoms with van der Waals surface area (Å²) < 4.78 is 14.9. The zero-order chi connectivity index (χ0) is 15.0. The van der Waals surface area contributed by atoms with Crippen molar-refractivity contribution in [3.63, 3.8) is 0 Å². The van der Waals surface area contributed by atoms with Gasteiger partial charge in [-0.15, -0.1) is 0 Å². The highest BCUT2D eigenvalue weighted by Crippen LogP contribution is 2.14. The molecule has 0 unspecified atom stereocenters. The minimum Gasteiger partial charge on any atom is -0.481 e. The maximum Gasteiger partial charge on any atom is 0.337 e. The number of methoxy groups -OCH3 is 2. The number of esters is 1. The summed E-state index contributed by atoms with van der Waals surface area (Å²) in [5.41, 5.74) is 0.428. The van der Waals surface area contributed by atoms with E-state index in [1.54, 1.807) is 38.3 Å². The summed E-state index contributed by atoms with van der Waals surface area (Å²) >= 11 is 0. The second-order valence-electron chi connectivity index (χ2n) is 4.06. The van der Waals surface area contributed by atoms with Gasteiger partial charge in [-0.05, 0) is 31.2 Å². The minimum atomic E-state index is -0.629. The van der Waals surface area contributed by atoms with Crippen LogP contribution in [0.5, 0.6) is 5.75 Å². The van der Waals surface area contributed by atoms with Crippen molar-refractivity contribution in [3.8, 4) is 5.75 Å². The Hall–Kier alpha value is -2.08. The van der Waals surface area contributed by atoms with E-state index < -0.39 is 12.1 Å². The molecule has 0 aliphatic carbocycles. The second kappa shape index (κ2) is 8.16. The topological polar surface area (TPSA) is 73.9 Å². The van der Waals surface area contributed by atoms with Gasteiger partial charge in [-0.1, -0.05) is 0 Å². The predicted molar refractivity (Wildman–Crippen MR) is 72.8 cm³/mol. The smallest absolute Gasteiger partial charge is 0.337 e. The van der Waals surface area contributed by atoms with Crippen molar-refractivity contribution < 1.29 is 23.8 Å². The number of carbonyl (C=O) groups excluding carboxylic acids is 2. The first kappa shape index (κ1) is 16.0. The van der Waals surface area contributed by atoms with Gasteiger partial charge in [-0.2, -0.15) is 0 Å². The Morgan fingerprint density at radius 3 is 2.40 bits per heavy atom. The molecule has 1 N–H and O–H groups in total. The maximum absolute atomic E-state index is 11.7. The average molecular weight is 281 g/mol. The molecule has 0 fully saturated rings. The normalized spacial score (nSPS) is 11.6. The van der Waals surface area contributed by atoms with Crippen molar-refractivity contribution in [2.24, 2.45) is 0 Å². The van der Waals surface area contributed by atoms with Crippen LogP contribution in [-0.4, -0.2) is 45.4 Å². The molecule has 0 aliphatic rings. The van der Waals surface area contributed by atoms with Gasteiger partial charge in [0.15, 0.2) is 6.10 Å². The second-order valence-corrected chi connectivity index (χ2v) is 4.06. The van der Waals surface area contributed by atoms with Crippen LogP contribution >= 0.6 is 0 Å². The molecule has 1 aromatic rings. The summed E-state index contributed by atoms with van der Waals surface area (Å²) in [5.74, 6) is -0.131. The molecule has 6 heteroatoms. The van der Waals surface area contributed by atoms with Crippen LogP contribution in [-0.2, 0) is 14.3 Å². The fourth-order valence-corrected chi connectivity index (χ4v) is 1.47. The molecule has 0 saturated heterocycles. The van der Waals surface area contributed by atoms with E-state index in [4.69, 9.17) is 9.47 Å². The van der Waals surface area contributed by atoms with E-state index in [0.29, 0.717) is 24.5 Å². The number of benzene rings is 1. The molecular formula is C14H19NO5. The molecule has 0 aromatic heterocycles. The SMILES string of the molecule is COCCNC(=O)[C@@H](C)Oc1ccc(C(=O)OC)cc1. The van der Waals surface area contributed by atoms with Crippen LogP contribution in [0.25, 0.3) is 0 Å². The van der Waals surface area contributed by atoms with E-state index in [1.165, 1.54) is 7.11 Å². The molecule has 1 amide bonds. The summed E-state index contributed by atoms with van der Waals surface area (Å²) in [7, 11) is 2.88. The molecule has 0 radical (unpaired) electrons. The third-order valence-corrected chi connectivity index (χ3v) is 2.56. The Kier molecular flexibility index (Phi) is 6.52. The lowest BCUT2D eigenvalue weighted by atomic mass is 10.2. The fourth-order valence-electron chi connectivity index (χ4n) is 1.47. The van der Waals surface area contributed by atoms with Crippen molar-refractivity contribution >= 4 is 11.9 Å². The van der Waals surface area contributed by atoms with Gasteiger partial charge in [0, 0.05) is 13.7 Å². The van der Waals surface area contributed by atoms with Gasteiger partial charge >= 0.3 is 5.97 Å². The summed E-state index contributed by atoms with van der Waals surface area (Å²) in [5, 5.41) is 2.68. The van der Waals surface area contributed by atoms with Gasteiger partial charge in [0.05, 0.1) is 19.3 Å². The van der Waals surface area contributed by atoms with E-state index in [9.17, 15) is 9.59 Å². The van der Waals surface area contributed by atoms with Crippen molar-refractivity contribution in [2.75, 3.05) is 27.4 Å². The lowest BCUT2D eigenvalue weighted by Gasteiger charge is -2.14. The summed E-state index contributed by atoms with van der Waals surface area (Å²) in [6, 6.07) is 6.39. The van der Waals surface area contributed by atoms with Gasteiger partial charge in [-0.25, -0.2) is 4.79 Å². The number of hydrogen-bond donors (Lipinski definition) is 1. The van der Waals surface area contributed by atoms with Crippen molar-refractivity contribution in [1.29, 1.82) is 0 Å². The molecule has 110 valence electrons. The van der Waals surface area contributed by atoms with Crippen LogP contribution in [0.2, 0.25) is 0 Å². The number of carbonyl (C=O) groups is 2. The van der Waals surface area contributed by atoms with E-state index in [1.807, 2.05) is 0 Å². The average Bonchev–Trinajstić information content (AvgIpc) is 2.47. The number of rotatable bonds is 7. The lowest BCUT2D eigenvalue weighted by Crippen LogP contribution is -2.37. The Labute approximate surface area is 118 Å². The predicted octanol–water partition coefficient (Wildman–Crippen LogP) is 1.00. The van der Waals surface area contributed by atoms with Gasteiger partial charge in [0.25, 0.3) is 5.91 Å². The highest BCUT2D eigenvalue weighted by atomic mass is 16.5. The lowest BCUT2D eigenvalue weighted by molar-refractivity contribution is -0.127. The zero-order valence-electron chi connectivity index (χ0n) is 11.8. The van der Waals surface area contributed by atoms with E-state index in [0.717, 1.165) is 0 Å².